The molecule has 0 spiro atoms. The summed E-state index contributed by atoms with van der Waals surface area (Å²) in [7, 11) is 1.66. The molecule has 0 saturated carbocycles. The molecule has 6 nitrogen and oxygen atoms in total. The first kappa shape index (κ1) is 16.2. The van der Waals surface area contributed by atoms with Crippen molar-refractivity contribution in [3.8, 4) is 11.4 Å². The van der Waals surface area contributed by atoms with Gasteiger partial charge in [0.25, 0.3) is 0 Å². The van der Waals surface area contributed by atoms with Gasteiger partial charge in [-0.25, -0.2) is 9.67 Å². The summed E-state index contributed by atoms with van der Waals surface area (Å²) in [6, 6.07) is 9.71. The second kappa shape index (κ2) is 6.86. The van der Waals surface area contributed by atoms with Crippen LogP contribution in [0.1, 0.15) is 37.0 Å². The molecular weight excluding hydrogens is 304 g/mol. The quantitative estimate of drug-likeness (QED) is 0.695. The predicted molar refractivity (Wildman–Crippen MR) is 90.5 cm³/mol. The van der Waals surface area contributed by atoms with E-state index >= 15 is 0 Å². The molecule has 0 N–H and O–H groups in total. The summed E-state index contributed by atoms with van der Waals surface area (Å²) in [5, 5.41) is 8.64. The second-order valence-corrected chi connectivity index (χ2v) is 6.24. The minimum Gasteiger partial charge on any atom is -0.494 e. The summed E-state index contributed by atoms with van der Waals surface area (Å²) in [6.45, 7) is 6.22. The van der Waals surface area contributed by atoms with Gasteiger partial charge in [-0.15, -0.1) is 0 Å². The Labute approximate surface area is 141 Å². The molecule has 6 heteroatoms. The highest BCUT2D eigenvalue weighted by molar-refractivity contribution is 5.46. The molecule has 1 aromatic carbocycles. The summed E-state index contributed by atoms with van der Waals surface area (Å²) in [5.74, 6) is 3.65. The molecule has 0 aliphatic heterocycles. The minimum absolute atomic E-state index is 0.485. The number of aromatic nitrogens is 4. The number of methoxy groups -OCH3 is 1. The fraction of sp³-hybridized carbons (Fsp3) is 0.389. The third kappa shape index (κ3) is 3.48. The Bertz CT molecular complexity index is 820. The van der Waals surface area contributed by atoms with Crippen LogP contribution in [-0.4, -0.2) is 27.0 Å². The van der Waals surface area contributed by atoms with Crippen molar-refractivity contribution in [3.63, 3.8) is 0 Å². The van der Waals surface area contributed by atoms with E-state index < -0.39 is 0 Å². The van der Waals surface area contributed by atoms with Crippen LogP contribution in [0.15, 0.2) is 34.9 Å². The lowest BCUT2D eigenvalue weighted by Crippen LogP contribution is -2.05. The van der Waals surface area contributed by atoms with Crippen LogP contribution in [0.5, 0.6) is 5.75 Å². The van der Waals surface area contributed by atoms with Crippen LogP contribution in [0.4, 0.5) is 0 Å². The Balaban J connectivity index is 2.03. The Morgan fingerprint density at radius 3 is 2.71 bits per heavy atom. The number of para-hydroxylation sites is 2. The van der Waals surface area contributed by atoms with Crippen LogP contribution < -0.4 is 4.74 Å². The van der Waals surface area contributed by atoms with Gasteiger partial charge in [0.1, 0.15) is 23.0 Å². The molecule has 0 radical (unpaired) electrons. The summed E-state index contributed by atoms with van der Waals surface area (Å²) in [4.78, 5) is 4.72. The maximum atomic E-state index is 5.48. The topological polar surface area (TPSA) is 66.0 Å². The molecule has 2 aromatic heterocycles. The van der Waals surface area contributed by atoms with Gasteiger partial charge in [0.2, 0.25) is 0 Å². The zero-order valence-corrected chi connectivity index (χ0v) is 14.5. The minimum atomic E-state index is 0.485. The second-order valence-electron chi connectivity index (χ2n) is 6.24. The lowest BCUT2D eigenvalue weighted by Gasteiger charge is -2.09. The first-order chi connectivity index (χ1) is 11.6. The van der Waals surface area contributed by atoms with Gasteiger partial charge in [0, 0.05) is 12.5 Å². The van der Waals surface area contributed by atoms with Crippen LogP contribution in [0.3, 0.4) is 0 Å². The molecular formula is C18H22N4O2. The Morgan fingerprint density at radius 2 is 2.04 bits per heavy atom. The van der Waals surface area contributed by atoms with E-state index in [0.29, 0.717) is 12.3 Å². The van der Waals surface area contributed by atoms with Crippen molar-refractivity contribution < 1.29 is 9.26 Å². The summed E-state index contributed by atoms with van der Waals surface area (Å²) >= 11 is 0. The first-order valence-corrected chi connectivity index (χ1v) is 8.07. The van der Waals surface area contributed by atoms with E-state index in [-0.39, 0.29) is 0 Å². The van der Waals surface area contributed by atoms with Crippen LogP contribution in [-0.2, 0) is 12.8 Å². The SMILES string of the molecule is COc1ccccc1-n1nc(CC(C)C)nc1Cc1cc(C)no1. The predicted octanol–water partition coefficient (Wildman–Crippen LogP) is 3.36. The van der Waals surface area contributed by atoms with Gasteiger partial charge >= 0.3 is 0 Å². The lowest BCUT2D eigenvalue weighted by atomic mass is 10.1. The molecule has 3 aromatic rings. The van der Waals surface area contributed by atoms with Gasteiger partial charge < -0.3 is 9.26 Å². The first-order valence-electron chi connectivity index (χ1n) is 8.07. The van der Waals surface area contributed by atoms with Gasteiger partial charge in [-0.2, -0.15) is 5.10 Å². The average molecular weight is 326 g/mol. The van der Waals surface area contributed by atoms with Gasteiger partial charge in [0.15, 0.2) is 5.82 Å². The molecule has 0 amide bonds. The van der Waals surface area contributed by atoms with Crippen molar-refractivity contribution >= 4 is 0 Å². The molecule has 126 valence electrons. The average Bonchev–Trinajstić information content (AvgIpc) is 3.13. The number of hydrogen-bond donors (Lipinski definition) is 0. The molecule has 0 aliphatic carbocycles. The van der Waals surface area contributed by atoms with Crippen molar-refractivity contribution in [1.29, 1.82) is 0 Å². The van der Waals surface area contributed by atoms with Gasteiger partial charge in [-0.05, 0) is 25.0 Å². The van der Waals surface area contributed by atoms with Crippen molar-refractivity contribution in [3.05, 3.63) is 53.4 Å². The lowest BCUT2D eigenvalue weighted by molar-refractivity contribution is 0.383. The van der Waals surface area contributed by atoms with E-state index in [1.165, 1.54) is 0 Å². The number of aryl methyl sites for hydroxylation is 1. The molecule has 3 rings (SSSR count). The van der Waals surface area contributed by atoms with E-state index in [4.69, 9.17) is 19.3 Å². The van der Waals surface area contributed by atoms with E-state index in [0.717, 1.165) is 41.0 Å². The molecule has 0 aliphatic rings. The Hall–Kier alpha value is -2.63. The van der Waals surface area contributed by atoms with Crippen LogP contribution in [0.2, 0.25) is 0 Å². The zero-order chi connectivity index (χ0) is 17.1. The van der Waals surface area contributed by atoms with Crippen molar-refractivity contribution in [2.75, 3.05) is 7.11 Å². The third-order valence-electron chi connectivity index (χ3n) is 3.63. The van der Waals surface area contributed by atoms with E-state index in [9.17, 15) is 0 Å². The fourth-order valence-electron chi connectivity index (χ4n) is 2.61. The summed E-state index contributed by atoms with van der Waals surface area (Å²) < 4.78 is 12.7. The number of rotatable bonds is 6. The largest absolute Gasteiger partial charge is 0.494 e. The highest BCUT2D eigenvalue weighted by atomic mass is 16.5. The molecule has 0 unspecified atom stereocenters. The van der Waals surface area contributed by atoms with Crippen molar-refractivity contribution in [2.45, 2.75) is 33.6 Å². The number of benzene rings is 1. The van der Waals surface area contributed by atoms with Gasteiger partial charge in [0.05, 0.1) is 19.2 Å². The van der Waals surface area contributed by atoms with E-state index in [1.54, 1.807) is 7.11 Å². The highest BCUT2D eigenvalue weighted by Crippen LogP contribution is 2.24. The van der Waals surface area contributed by atoms with E-state index in [1.807, 2.05) is 41.9 Å². The smallest absolute Gasteiger partial charge is 0.151 e. The molecule has 0 fully saturated rings. The Morgan fingerprint density at radius 1 is 1.25 bits per heavy atom. The fourth-order valence-corrected chi connectivity index (χ4v) is 2.61. The van der Waals surface area contributed by atoms with E-state index in [2.05, 4.69) is 19.0 Å². The summed E-state index contributed by atoms with van der Waals surface area (Å²) in [5.41, 5.74) is 1.73. The standard InChI is InChI=1S/C18H22N4O2/c1-12(2)9-17-19-18(11-14-10-13(3)21-24-14)22(20-17)15-7-5-6-8-16(15)23-4/h5-8,10,12H,9,11H2,1-4H3. The number of nitrogens with zero attached hydrogens (tertiary/aromatic N) is 4. The Kier molecular flexibility index (Phi) is 4.64. The molecule has 2 heterocycles. The molecule has 24 heavy (non-hydrogen) atoms. The highest BCUT2D eigenvalue weighted by Gasteiger charge is 2.17. The number of ether oxygens (including phenoxy) is 1. The molecule has 0 bridgehead atoms. The van der Waals surface area contributed by atoms with Gasteiger partial charge in [-0.3, -0.25) is 0 Å². The zero-order valence-electron chi connectivity index (χ0n) is 14.5. The van der Waals surface area contributed by atoms with Crippen molar-refractivity contribution in [1.82, 2.24) is 19.9 Å². The van der Waals surface area contributed by atoms with Crippen molar-refractivity contribution in [2.24, 2.45) is 5.92 Å². The van der Waals surface area contributed by atoms with Crippen LogP contribution in [0.25, 0.3) is 5.69 Å². The normalized spacial score (nSPS) is 11.2. The summed E-state index contributed by atoms with van der Waals surface area (Å²) in [6.07, 6.45) is 1.36. The molecule has 0 saturated heterocycles. The van der Waals surface area contributed by atoms with Gasteiger partial charge in [-0.1, -0.05) is 31.1 Å². The third-order valence-corrected chi connectivity index (χ3v) is 3.63. The molecule has 0 atom stereocenters. The maximum absolute atomic E-state index is 5.48. The monoisotopic (exact) mass is 326 g/mol. The number of hydrogen-bond acceptors (Lipinski definition) is 5. The van der Waals surface area contributed by atoms with Crippen LogP contribution in [0, 0.1) is 12.8 Å². The maximum Gasteiger partial charge on any atom is 0.151 e. The van der Waals surface area contributed by atoms with Crippen LogP contribution >= 0.6 is 0 Å².